The highest BCUT2D eigenvalue weighted by Crippen LogP contribution is 2.32. The normalized spacial score (nSPS) is 14.6. The van der Waals surface area contributed by atoms with E-state index < -0.39 is 40.5 Å². The van der Waals surface area contributed by atoms with Gasteiger partial charge in [0.15, 0.2) is 0 Å². The van der Waals surface area contributed by atoms with E-state index in [1.54, 1.807) is 20.8 Å². The number of esters is 1. The van der Waals surface area contributed by atoms with Crippen LogP contribution in [0.4, 0.5) is 4.79 Å². The number of nitrogens with one attached hydrogen (secondary N) is 1. The molecule has 1 N–H and O–H groups in total. The molecule has 0 aromatic heterocycles. The molecule has 180 valence electrons. The standard InChI is InChI=1S/C26H35NO5S/c1-25(2,3)32-24(29)31-22(23(28)30-18-19-14-10-8-11-15-19)21(20-16-12-9-13-17-20)27-33(7)26(4,5)6/h8-17,21-22,27H,7,18H2,1-6H3/t21-,22+,33?/m0/s1. The average Bonchev–Trinajstić information content (AvgIpc) is 2.73. The van der Waals surface area contributed by atoms with Crippen molar-refractivity contribution < 1.29 is 23.8 Å². The predicted molar refractivity (Wildman–Crippen MR) is 134 cm³/mol. The van der Waals surface area contributed by atoms with Gasteiger partial charge < -0.3 is 14.2 Å². The molecule has 6 nitrogen and oxygen atoms in total. The summed E-state index contributed by atoms with van der Waals surface area (Å²) in [5.74, 6) is 3.57. The maximum Gasteiger partial charge on any atom is 0.509 e. The van der Waals surface area contributed by atoms with Crippen LogP contribution in [-0.4, -0.2) is 34.4 Å². The van der Waals surface area contributed by atoms with Gasteiger partial charge in [0.25, 0.3) is 0 Å². The molecular formula is C26H35NO5S. The van der Waals surface area contributed by atoms with E-state index in [0.29, 0.717) is 0 Å². The van der Waals surface area contributed by atoms with Crippen LogP contribution < -0.4 is 4.72 Å². The quantitative estimate of drug-likeness (QED) is 0.386. The molecule has 1 unspecified atom stereocenters. The molecule has 2 rings (SSSR count). The third kappa shape index (κ3) is 9.02. The van der Waals surface area contributed by atoms with E-state index in [1.807, 2.05) is 60.7 Å². The van der Waals surface area contributed by atoms with Crippen molar-refractivity contribution >= 4 is 28.7 Å². The highest BCUT2D eigenvalue weighted by atomic mass is 32.2. The molecule has 2 aromatic carbocycles. The smallest absolute Gasteiger partial charge is 0.458 e. The summed E-state index contributed by atoms with van der Waals surface area (Å²) in [5.41, 5.74) is 0.832. The van der Waals surface area contributed by atoms with Crippen LogP contribution >= 0.6 is 10.7 Å². The van der Waals surface area contributed by atoms with Crippen molar-refractivity contribution in [1.29, 1.82) is 0 Å². The molecule has 0 aliphatic heterocycles. The summed E-state index contributed by atoms with van der Waals surface area (Å²) in [4.78, 5) is 25.8. The van der Waals surface area contributed by atoms with E-state index in [0.717, 1.165) is 11.1 Å². The van der Waals surface area contributed by atoms with Crippen LogP contribution in [0.5, 0.6) is 0 Å². The van der Waals surface area contributed by atoms with Crippen molar-refractivity contribution in [2.45, 2.75) is 70.6 Å². The maximum absolute atomic E-state index is 13.3. The second-order valence-electron chi connectivity index (χ2n) is 9.61. The molecular weight excluding hydrogens is 438 g/mol. The Hall–Kier alpha value is -2.64. The minimum absolute atomic E-state index is 0.0602. The monoisotopic (exact) mass is 473 g/mol. The Morgan fingerprint density at radius 2 is 1.48 bits per heavy atom. The number of rotatable bonds is 8. The molecule has 7 heteroatoms. The first-order valence-electron chi connectivity index (χ1n) is 10.8. The van der Waals surface area contributed by atoms with Gasteiger partial charge in [0.1, 0.15) is 12.2 Å². The number of ether oxygens (including phenoxy) is 3. The number of hydrogen-bond acceptors (Lipinski definition) is 6. The SMILES string of the molecule is C=S(N[C@@H](c1ccccc1)[C@@H](OC(=O)OC(C)(C)C)C(=O)OCc1ccccc1)C(C)(C)C. The largest absolute Gasteiger partial charge is 0.509 e. The van der Waals surface area contributed by atoms with Crippen LogP contribution in [0.15, 0.2) is 60.7 Å². The van der Waals surface area contributed by atoms with Crippen molar-refractivity contribution in [3.05, 3.63) is 71.8 Å². The van der Waals surface area contributed by atoms with Crippen molar-refractivity contribution in [1.82, 2.24) is 4.72 Å². The molecule has 0 amide bonds. The second kappa shape index (κ2) is 11.5. The Bertz CT molecular complexity index is 933. The van der Waals surface area contributed by atoms with E-state index in [4.69, 9.17) is 14.2 Å². The Kier molecular flexibility index (Phi) is 9.25. The summed E-state index contributed by atoms with van der Waals surface area (Å²) in [6, 6.07) is 18.0. The Morgan fingerprint density at radius 3 is 2.00 bits per heavy atom. The van der Waals surface area contributed by atoms with E-state index in [1.165, 1.54) is 0 Å². The van der Waals surface area contributed by atoms with Gasteiger partial charge in [-0.25, -0.2) is 9.59 Å². The van der Waals surface area contributed by atoms with Gasteiger partial charge >= 0.3 is 12.1 Å². The van der Waals surface area contributed by atoms with Gasteiger partial charge in [-0.15, -0.1) is 10.7 Å². The minimum Gasteiger partial charge on any atom is -0.458 e. The van der Waals surface area contributed by atoms with E-state index in [-0.39, 0.29) is 11.4 Å². The fraction of sp³-hybridized carbons (Fsp3) is 0.423. The minimum atomic E-state index is -1.27. The van der Waals surface area contributed by atoms with Crippen LogP contribution in [0.25, 0.3) is 0 Å². The fourth-order valence-electron chi connectivity index (χ4n) is 2.74. The zero-order valence-electron chi connectivity index (χ0n) is 20.3. The lowest BCUT2D eigenvalue weighted by Crippen LogP contribution is -2.42. The molecule has 0 fully saturated rings. The third-order valence-electron chi connectivity index (χ3n) is 4.54. The number of carbonyl (C=O) groups excluding carboxylic acids is 2. The summed E-state index contributed by atoms with van der Waals surface area (Å²) in [6.45, 7) is 11.4. The van der Waals surface area contributed by atoms with Gasteiger partial charge in [0, 0.05) is 4.75 Å². The highest BCUT2D eigenvalue weighted by Gasteiger charge is 2.37. The summed E-state index contributed by atoms with van der Waals surface area (Å²) < 4.78 is 19.7. The summed E-state index contributed by atoms with van der Waals surface area (Å²) in [5, 5.41) is 0. The number of carbonyl (C=O) groups is 2. The Morgan fingerprint density at radius 1 is 0.939 bits per heavy atom. The van der Waals surface area contributed by atoms with Crippen molar-refractivity contribution in [3.63, 3.8) is 0 Å². The van der Waals surface area contributed by atoms with Gasteiger partial charge in [-0.05, 0) is 31.9 Å². The van der Waals surface area contributed by atoms with Crippen molar-refractivity contribution in [3.8, 4) is 0 Å². The number of hydrogen-bond donors (Lipinski definition) is 1. The molecule has 0 saturated carbocycles. The third-order valence-corrected chi connectivity index (χ3v) is 6.56. The van der Waals surface area contributed by atoms with Gasteiger partial charge in [-0.1, -0.05) is 87.3 Å². The Labute approximate surface area is 199 Å². The molecule has 2 aromatic rings. The first-order chi connectivity index (χ1) is 15.4. The van der Waals surface area contributed by atoms with Crippen LogP contribution in [0.2, 0.25) is 0 Å². The van der Waals surface area contributed by atoms with Gasteiger partial charge in [0.2, 0.25) is 6.10 Å². The van der Waals surface area contributed by atoms with Gasteiger partial charge in [0.05, 0.1) is 6.04 Å². The molecule has 0 heterocycles. The molecule has 0 aliphatic rings. The molecule has 0 radical (unpaired) electrons. The second-order valence-corrected chi connectivity index (χ2v) is 11.8. The highest BCUT2D eigenvalue weighted by molar-refractivity contribution is 8.13. The fourth-order valence-corrected chi connectivity index (χ4v) is 3.66. The first kappa shape index (κ1) is 26.6. The maximum atomic E-state index is 13.3. The number of benzene rings is 2. The molecule has 3 atom stereocenters. The summed E-state index contributed by atoms with van der Waals surface area (Å²) in [6.07, 6.45) is -2.21. The van der Waals surface area contributed by atoms with E-state index >= 15 is 0 Å². The zero-order valence-corrected chi connectivity index (χ0v) is 21.1. The van der Waals surface area contributed by atoms with Crippen LogP contribution in [0.3, 0.4) is 0 Å². The van der Waals surface area contributed by atoms with E-state index in [9.17, 15) is 9.59 Å². The lowest BCUT2D eigenvalue weighted by Gasteiger charge is -2.32. The average molecular weight is 474 g/mol. The van der Waals surface area contributed by atoms with Gasteiger partial charge in [-0.3, -0.25) is 4.72 Å². The Balaban J connectivity index is 2.37. The zero-order chi connectivity index (χ0) is 24.6. The van der Waals surface area contributed by atoms with Crippen LogP contribution in [-0.2, 0) is 25.6 Å². The van der Waals surface area contributed by atoms with Crippen LogP contribution in [0, 0.1) is 0 Å². The lowest BCUT2D eigenvalue weighted by atomic mass is 10.0. The van der Waals surface area contributed by atoms with Gasteiger partial charge in [-0.2, -0.15) is 0 Å². The van der Waals surface area contributed by atoms with Crippen LogP contribution in [0.1, 0.15) is 58.7 Å². The first-order valence-corrected chi connectivity index (χ1v) is 12.2. The molecule has 33 heavy (non-hydrogen) atoms. The van der Waals surface area contributed by atoms with Crippen molar-refractivity contribution in [2.24, 2.45) is 0 Å². The summed E-state index contributed by atoms with van der Waals surface area (Å²) >= 11 is 0. The molecule has 0 spiro atoms. The molecule has 0 bridgehead atoms. The molecule has 0 aliphatic carbocycles. The lowest BCUT2D eigenvalue weighted by molar-refractivity contribution is -0.159. The predicted octanol–water partition coefficient (Wildman–Crippen LogP) is 5.80. The molecule has 0 saturated heterocycles. The van der Waals surface area contributed by atoms with Crippen molar-refractivity contribution in [2.75, 3.05) is 0 Å². The topological polar surface area (TPSA) is 73.9 Å². The summed E-state index contributed by atoms with van der Waals surface area (Å²) in [7, 11) is -0.569. The van der Waals surface area contributed by atoms with E-state index in [2.05, 4.69) is 31.4 Å².